The lowest BCUT2D eigenvalue weighted by molar-refractivity contribution is 0.950. The summed E-state index contributed by atoms with van der Waals surface area (Å²) in [5.74, 6) is 0. The zero-order chi connectivity index (χ0) is 11.1. The van der Waals surface area contributed by atoms with Crippen LogP contribution in [-0.4, -0.2) is 9.55 Å². The molecule has 3 nitrogen and oxygen atoms in total. The predicted molar refractivity (Wildman–Crippen MR) is 66.1 cm³/mol. The number of hydrogen-bond donors (Lipinski definition) is 1. The standard InChI is InChI=1S/C13H13N3/c1-16-8-10(7-14)11-5-4-9-3-2-6-15-12(9)13(11)16/h2-6,8H,7,14H2,1H3. The Bertz CT molecular complexity index is 667. The molecule has 1 aromatic carbocycles. The molecule has 3 rings (SSSR count). The second kappa shape index (κ2) is 3.32. The number of aromatic nitrogens is 2. The summed E-state index contributed by atoms with van der Waals surface area (Å²) in [6.07, 6.45) is 3.91. The Kier molecular flexibility index (Phi) is 1.94. The highest BCUT2D eigenvalue weighted by Crippen LogP contribution is 2.26. The third kappa shape index (κ3) is 1.15. The minimum atomic E-state index is 0.565. The summed E-state index contributed by atoms with van der Waals surface area (Å²) in [4.78, 5) is 4.46. The van der Waals surface area contributed by atoms with E-state index in [1.54, 1.807) is 0 Å². The van der Waals surface area contributed by atoms with Crippen LogP contribution in [-0.2, 0) is 13.6 Å². The van der Waals surface area contributed by atoms with Gasteiger partial charge in [-0.1, -0.05) is 18.2 Å². The average Bonchev–Trinajstić information content (AvgIpc) is 2.66. The molecule has 16 heavy (non-hydrogen) atoms. The highest BCUT2D eigenvalue weighted by atomic mass is 14.9. The third-order valence-corrected chi connectivity index (χ3v) is 3.02. The van der Waals surface area contributed by atoms with Crippen molar-refractivity contribution in [2.24, 2.45) is 12.8 Å². The van der Waals surface area contributed by atoms with Crippen LogP contribution in [0.25, 0.3) is 21.8 Å². The van der Waals surface area contributed by atoms with Crippen LogP contribution in [0.3, 0.4) is 0 Å². The quantitative estimate of drug-likeness (QED) is 0.670. The van der Waals surface area contributed by atoms with Crippen molar-refractivity contribution in [2.45, 2.75) is 6.54 Å². The molecule has 0 radical (unpaired) electrons. The first-order valence-electron chi connectivity index (χ1n) is 5.33. The molecule has 0 fully saturated rings. The van der Waals surface area contributed by atoms with Gasteiger partial charge in [0.25, 0.3) is 0 Å². The summed E-state index contributed by atoms with van der Waals surface area (Å²) >= 11 is 0. The summed E-state index contributed by atoms with van der Waals surface area (Å²) in [5.41, 5.74) is 9.12. The SMILES string of the molecule is Cn1cc(CN)c2ccc3cccnc3c21. The van der Waals surface area contributed by atoms with Crippen molar-refractivity contribution < 1.29 is 0 Å². The van der Waals surface area contributed by atoms with Crippen molar-refractivity contribution in [1.29, 1.82) is 0 Å². The smallest absolute Gasteiger partial charge is 0.0944 e. The minimum absolute atomic E-state index is 0.565. The molecule has 3 aromatic rings. The maximum Gasteiger partial charge on any atom is 0.0944 e. The number of aryl methyl sites for hydroxylation is 1. The Morgan fingerprint density at radius 2 is 2.19 bits per heavy atom. The van der Waals surface area contributed by atoms with Crippen molar-refractivity contribution in [3.63, 3.8) is 0 Å². The van der Waals surface area contributed by atoms with Gasteiger partial charge in [-0.15, -0.1) is 0 Å². The summed E-state index contributed by atoms with van der Waals surface area (Å²) < 4.78 is 2.10. The molecular weight excluding hydrogens is 198 g/mol. The van der Waals surface area contributed by atoms with Crippen LogP contribution in [0.1, 0.15) is 5.56 Å². The Morgan fingerprint density at radius 1 is 1.31 bits per heavy atom. The normalized spacial score (nSPS) is 11.4. The molecule has 0 aliphatic heterocycles. The molecule has 0 bridgehead atoms. The predicted octanol–water partition coefficient (Wildman–Crippen LogP) is 2.19. The number of nitrogens with two attached hydrogens (primary N) is 1. The molecule has 0 saturated carbocycles. The number of pyridine rings is 1. The molecule has 0 saturated heterocycles. The first kappa shape index (κ1) is 9.36. The zero-order valence-corrected chi connectivity index (χ0v) is 9.14. The van der Waals surface area contributed by atoms with Crippen LogP contribution in [0.5, 0.6) is 0 Å². The van der Waals surface area contributed by atoms with E-state index in [2.05, 4.69) is 33.9 Å². The van der Waals surface area contributed by atoms with Crippen LogP contribution < -0.4 is 5.73 Å². The van der Waals surface area contributed by atoms with Crippen molar-refractivity contribution in [2.75, 3.05) is 0 Å². The minimum Gasteiger partial charge on any atom is -0.348 e. The van der Waals surface area contributed by atoms with E-state index in [0.717, 1.165) is 5.52 Å². The van der Waals surface area contributed by atoms with Gasteiger partial charge in [-0.25, -0.2) is 0 Å². The lowest BCUT2D eigenvalue weighted by atomic mass is 10.1. The third-order valence-electron chi connectivity index (χ3n) is 3.02. The van der Waals surface area contributed by atoms with Crippen molar-refractivity contribution in [3.8, 4) is 0 Å². The monoisotopic (exact) mass is 211 g/mol. The van der Waals surface area contributed by atoms with Gasteiger partial charge in [-0.05, 0) is 11.6 Å². The highest BCUT2D eigenvalue weighted by molar-refractivity contribution is 6.04. The van der Waals surface area contributed by atoms with Gasteiger partial charge in [0.1, 0.15) is 0 Å². The Labute approximate surface area is 93.5 Å². The molecule has 3 heteroatoms. The topological polar surface area (TPSA) is 43.8 Å². The van der Waals surface area contributed by atoms with Gasteiger partial charge in [0.2, 0.25) is 0 Å². The van der Waals surface area contributed by atoms with Gasteiger partial charge in [0.05, 0.1) is 11.0 Å². The van der Waals surface area contributed by atoms with Gasteiger partial charge in [0, 0.05) is 36.8 Å². The summed E-state index contributed by atoms with van der Waals surface area (Å²) in [6.45, 7) is 0.565. The van der Waals surface area contributed by atoms with Crippen LogP contribution in [0.2, 0.25) is 0 Å². The maximum absolute atomic E-state index is 5.74. The fourth-order valence-corrected chi connectivity index (χ4v) is 2.28. The van der Waals surface area contributed by atoms with Gasteiger partial charge >= 0.3 is 0 Å². The fourth-order valence-electron chi connectivity index (χ4n) is 2.28. The Balaban J connectivity index is 2.55. The van der Waals surface area contributed by atoms with Gasteiger partial charge in [0.15, 0.2) is 0 Å². The number of hydrogen-bond acceptors (Lipinski definition) is 2. The second-order valence-electron chi connectivity index (χ2n) is 4.01. The second-order valence-corrected chi connectivity index (χ2v) is 4.01. The molecule has 0 unspecified atom stereocenters. The van der Waals surface area contributed by atoms with E-state index in [-0.39, 0.29) is 0 Å². The molecule has 0 aliphatic rings. The molecule has 2 heterocycles. The maximum atomic E-state index is 5.74. The highest BCUT2D eigenvalue weighted by Gasteiger charge is 2.08. The first-order valence-corrected chi connectivity index (χ1v) is 5.33. The van der Waals surface area contributed by atoms with Gasteiger partial charge in [-0.2, -0.15) is 0 Å². The molecular formula is C13H13N3. The number of nitrogens with zero attached hydrogens (tertiary/aromatic N) is 2. The summed E-state index contributed by atoms with van der Waals surface area (Å²) in [7, 11) is 2.04. The van der Waals surface area contributed by atoms with E-state index in [4.69, 9.17) is 5.73 Å². The van der Waals surface area contributed by atoms with Crippen LogP contribution >= 0.6 is 0 Å². The first-order chi connectivity index (χ1) is 7.81. The zero-order valence-electron chi connectivity index (χ0n) is 9.14. The summed E-state index contributed by atoms with van der Waals surface area (Å²) in [6, 6.07) is 8.27. The lowest BCUT2D eigenvalue weighted by Crippen LogP contribution is -1.94. The fraction of sp³-hybridized carbons (Fsp3) is 0.154. The number of benzene rings is 1. The largest absolute Gasteiger partial charge is 0.348 e. The van der Waals surface area contributed by atoms with E-state index in [9.17, 15) is 0 Å². The van der Waals surface area contributed by atoms with Crippen molar-refractivity contribution in [3.05, 3.63) is 42.2 Å². The van der Waals surface area contributed by atoms with E-state index < -0.39 is 0 Å². The molecule has 80 valence electrons. The van der Waals surface area contributed by atoms with Gasteiger partial charge < -0.3 is 10.3 Å². The molecule has 0 atom stereocenters. The molecule has 0 spiro atoms. The molecule has 0 aliphatic carbocycles. The van der Waals surface area contributed by atoms with E-state index in [1.807, 2.05) is 19.3 Å². The number of fused-ring (bicyclic) bond motifs is 3. The van der Waals surface area contributed by atoms with E-state index >= 15 is 0 Å². The average molecular weight is 211 g/mol. The van der Waals surface area contributed by atoms with Crippen molar-refractivity contribution >= 4 is 21.8 Å². The summed E-state index contributed by atoms with van der Waals surface area (Å²) in [5, 5.41) is 2.37. The van der Waals surface area contributed by atoms with Crippen LogP contribution in [0, 0.1) is 0 Å². The Hall–Kier alpha value is -1.87. The van der Waals surface area contributed by atoms with E-state index in [0.29, 0.717) is 6.54 Å². The van der Waals surface area contributed by atoms with Gasteiger partial charge in [-0.3, -0.25) is 4.98 Å². The lowest BCUT2D eigenvalue weighted by Gasteiger charge is -2.01. The van der Waals surface area contributed by atoms with Crippen LogP contribution in [0.4, 0.5) is 0 Å². The number of rotatable bonds is 1. The van der Waals surface area contributed by atoms with Crippen molar-refractivity contribution in [1.82, 2.24) is 9.55 Å². The molecule has 2 aromatic heterocycles. The molecule has 2 N–H and O–H groups in total. The van der Waals surface area contributed by atoms with E-state index in [1.165, 1.54) is 21.9 Å². The van der Waals surface area contributed by atoms with Crippen LogP contribution in [0.15, 0.2) is 36.7 Å². The Morgan fingerprint density at radius 3 is 3.00 bits per heavy atom. The molecule has 0 amide bonds.